The molecule has 1 aromatic carbocycles. The summed E-state index contributed by atoms with van der Waals surface area (Å²) >= 11 is 1.78. The van der Waals surface area contributed by atoms with Crippen LogP contribution in [0.4, 0.5) is 0 Å². The maximum absolute atomic E-state index is 10.3. The van der Waals surface area contributed by atoms with E-state index in [1.54, 1.807) is 22.9 Å². The Morgan fingerprint density at radius 2 is 2.07 bits per heavy atom. The van der Waals surface area contributed by atoms with Gasteiger partial charge in [-0.1, -0.05) is 29.8 Å². The van der Waals surface area contributed by atoms with Gasteiger partial charge in [-0.25, -0.2) is 3.21 Å². The van der Waals surface area contributed by atoms with Crippen LogP contribution in [0.25, 0.3) is 0 Å². The fourth-order valence-corrected chi connectivity index (χ4v) is 1.47. The first-order valence-electron chi connectivity index (χ1n) is 4.00. The van der Waals surface area contributed by atoms with E-state index in [-0.39, 0.29) is 11.5 Å². The Morgan fingerprint density at radius 3 is 2.50 bits per heavy atom. The van der Waals surface area contributed by atoms with Crippen LogP contribution in [-0.2, 0) is 0 Å². The van der Waals surface area contributed by atoms with E-state index in [0.717, 1.165) is 11.1 Å². The first-order chi connectivity index (χ1) is 6.63. The average Bonchev–Trinajstić information content (AvgIpc) is 2.15. The maximum Gasteiger partial charge on any atom is 0.246 e. The largest absolute Gasteiger partial charge is 0.264 e. The lowest BCUT2D eigenvalue weighted by molar-refractivity contribution is -0.462. The third-order valence-corrected chi connectivity index (χ3v) is 2.35. The summed E-state index contributed by atoms with van der Waals surface area (Å²) < 4.78 is 3.87. The van der Waals surface area contributed by atoms with Gasteiger partial charge in [-0.15, -0.1) is 0 Å². The molecule has 0 spiro atoms. The van der Waals surface area contributed by atoms with E-state index in [2.05, 4.69) is 3.21 Å². The van der Waals surface area contributed by atoms with Gasteiger partial charge < -0.3 is 0 Å². The molecule has 0 unspecified atom stereocenters. The van der Waals surface area contributed by atoms with Crippen molar-refractivity contribution in [3.63, 3.8) is 0 Å². The lowest BCUT2D eigenvalue weighted by Crippen LogP contribution is -2.14. The van der Waals surface area contributed by atoms with Gasteiger partial charge in [0.2, 0.25) is 6.54 Å². The molecule has 0 saturated heterocycles. The Labute approximate surface area is 95.7 Å². The molecule has 1 aromatic rings. The summed E-state index contributed by atoms with van der Waals surface area (Å²) in [5.74, 6) is 0. The van der Waals surface area contributed by atoms with Crippen LogP contribution in [0.3, 0.4) is 0 Å². The molecular formula is C9H9IN2O2. The molecule has 0 aliphatic rings. The van der Waals surface area contributed by atoms with E-state index in [1.165, 1.54) is 0 Å². The van der Waals surface area contributed by atoms with Gasteiger partial charge in [0.05, 0.1) is 22.9 Å². The van der Waals surface area contributed by atoms with Crippen LogP contribution in [-0.4, -0.2) is 17.2 Å². The van der Waals surface area contributed by atoms with Gasteiger partial charge in [-0.05, 0) is 6.92 Å². The third kappa shape index (κ3) is 3.06. The minimum absolute atomic E-state index is 0.230. The Morgan fingerprint density at radius 1 is 1.50 bits per heavy atom. The molecule has 14 heavy (non-hydrogen) atoms. The molecule has 0 amide bonds. The highest BCUT2D eigenvalue weighted by atomic mass is 127. The molecule has 0 aliphatic heterocycles. The second-order valence-electron chi connectivity index (χ2n) is 2.89. The molecule has 0 radical (unpaired) electrons. The van der Waals surface area contributed by atoms with Gasteiger partial charge in [0.25, 0.3) is 0 Å². The number of nitrogens with zero attached hydrogens (tertiary/aromatic N) is 2. The Balaban J connectivity index is 2.91. The molecule has 0 heterocycles. The van der Waals surface area contributed by atoms with Crippen LogP contribution in [0.15, 0.2) is 27.5 Å². The highest BCUT2D eigenvalue weighted by molar-refractivity contribution is 14.1. The molecule has 5 heteroatoms. The van der Waals surface area contributed by atoms with Crippen LogP contribution >= 0.6 is 22.9 Å². The summed E-state index contributed by atoms with van der Waals surface area (Å²) in [6, 6.07) is 7.51. The molecular weight excluding hydrogens is 295 g/mol. The van der Waals surface area contributed by atoms with Crippen molar-refractivity contribution in [1.29, 1.82) is 0 Å². The molecule has 0 aromatic heterocycles. The molecule has 0 fully saturated rings. The fourth-order valence-electron chi connectivity index (χ4n) is 1.04. The minimum atomic E-state index is -0.378. The number of aryl methyl sites for hydroxylation is 1. The van der Waals surface area contributed by atoms with Crippen molar-refractivity contribution < 1.29 is 4.92 Å². The van der Waals surface area contributed by atoms with E-state index in [1.807, 2.05) is 31.2 Å². The standard InChI is InChI=1S/C9H9IN2O2/c1-7-2-4-8(5-3-7)9(11-10)6-12(13)14/h2-5H,6H2,1H3. The third-order valence-electron chi connectivity index (χ3n) is 1.77. The smallest absolute Gasteiger partial charge is 0.246 e. The summed E-state index contributed by atoms with van der Waals surface area (Å²) in [4.78, 5) is 9.95. The molecule has 4 nitrogen and oxygen atoms in total. The van der Waals surface area contributed by atoms with E-state index in [0.29, 0.717) is 5.71 Å². The fraction of sp³-hybridized carbons (Fsp3) is 0.222. The van der Waals surface area contributed by atoms with Crippen molar-refractivity contribution in [1.82, 2.24) is 0 Å². The van der Waals surface area contributed by atoms with Crippen molar-refractivity contribution in [2.45, 2.75) is 6.92 Å². The predicted octanol–water partition coefficient (Wildman–Crippen LogP) is 2.41. The lowest BCUT2D eigenvalue weighted by Gasteiger charge is -2.00. The summed E-state index contributed by atoms with van der Waals surface area (Å²) in [6.07, 6.45) is 0. The van der Waals surface area contributed by atoms with Crippen molar-refractivity contribution in [3.8, 4) is 0 Å². The first-order valence-corrected chi connectivity index (χ1v) is 4.96. The van der Waals surface area contributed by atoms with Gasteiger partial charge in [0.1, 0.15) is 5.71 Å². The van der Waals surface area contributed by atoms with Crippen LogP contribution < -0.4 is 0 Å². The molecule has 0 atom stereocenters. The quantitative estimate of drug-likeness (QED) is 0.373. The van der Waals surface area contributed by atoms with E-state index in [4.69, 9.17) is 0 Å². The zero-order valence-electron chi connectivity index (χ0n) is 7.61. The molecule has 1 rings (SSSR count). The molecule has 74 valence electrons. The van der Waals surface area contributed by atoms with Gasteiger partial charge in [0.15, 0.2) is 0 Å². The summed E-state index contributed by atoms with van der Waals surface area (Å²) in [7, 11) is 0. The zero-order chi connectivity index (χ0) is 10.6. The topological polar surface area (TPSA) is 55.5 Å². The molecule has 0 bridgehead atoms. The van der Waals surface area contributed by atoms with Crippen molar-refractivity contribution in [3.05, 3.63) is 45.5 Å². The number of hydrogen-bond acceptors (Lipinski definition) is 3. The van der Waals surface area contributed by atoms with Gasteiger partial charge in [-0.3, -0.25) is 10.1 Å². The van der Waals surface area contributed by atoms with Crippen molar-refractivity contribution >= 4 is 28.6 Å². The number of rotatable bonds is 3. The molecule has 0 aliphatic carbocycles. The minimum Gasteiger partial charge on any atom is -0.264 e. The average molecular weight is 304 g/mol. The summed E-state index contributed by atoms with van der Waals surface area (Å²) in [5.41, 5.74) is 2.43. The Hall–Kier alpha value is -0.980. The second-order valence-corrected chi connectivity index (χ2v) is 3.37. The Bertz CT molecular complexity index is 360. The van der Waals surface area contributed by atoms with Crippen molar-refractivity contribution in [2.75, 3.05) is 6.54 Å². The van der Waals surface area contributed by atoms with Gasteiger partial charge >= 0.3 is 0 Å². The molecule has 0 saturated carbocycles. The number of halogens is 1. The highest BCUT2D eigenvalue weighted by Crippen LogP contribution is 2.06. The Kier molecular flexibility index (Phi) is 3.99. The van der Waals surface area contributed by atoms with E-state index in [9.17, 15) is 10.1 Å². The lowest BCUT2D eigenvalue weighted by atomic mass is 10.1. The highest BCUT2D eigenvalue weighted by Gasteiger charge is 2.09. The number of benzene rings is 1. The monoisotopic (exact) mass is 304 g/mol. The SMILES string of the molecule is Cc1ccc(C(C[N+](=O)[O-])=NI)cc1. The normalized spacial score (nSPS) is 11.4. The van der Waals surface area contributed by atoms with Crippen LogP contribution in [0.5, 0.6) is 0 Å². The first kappa shape index (κ1) is 11.1. The van der Waals surface area contributed by atoms with E-state index >= 15 is 0 Å². The molecule has 0 N–H and O–H groups in total. The predicted molar refractivity (Wildman–Crippen MR) is 63.6 cm³/mol. The van der Waals surface area contributed by atoms with Gasteiger partial charge in [-0.2, -0.15) is 0 Å². The summed E-state index contributed by atoms with van der Waals surface area (Å²) in [5, 5.41) is 10.3. The van der Waals surface area contributed by atoms with Crippen molar-refractivity contribution in [2.24, 2.45) is 3.21 Å². The maximum atomic E-state index is 10.3. The summed E-state index contributed by atoms with van der Waals surface area (Å²) in [6.45, 7) is 1.74. The zero-order valence-corrected chi connectivity index (χ0v) is 9.76. The van der Waals surface area contributed by atoms with Gasteiger partial charge in [0, 0.05) is 10.5 Å². The van der Waals surface area contributed by atoms with Crippen LogP contribution in [0.2, 0.25) is 0 Å². The van der Waals surface area contributed by atoms with Crippen LogP contribution in [0, 0.1) is 17.0 Å². The second kappa shape index (κ2) is 5.04. The van der Waals surface area contributed by atoms with Crippen LogP contribution in [0.1, 0.15) is 11.1 Å². The number of hydrogen-bond donors (Lipinski definition) is 0. The van der Waals surface area contributed by atoms with E-state index < -0.39 is 0 Å². The number of nitro groups is 1.